The average molecular weight is 460 g/mol. The predicted octanol–water partition coefficient (Wildman–Crippen LogP) is 4.11. The van der Waals surface area contributed by atoms with Crippen molar-refractivity contribution in [2.45, 2.75) is 33.9 Å². The lowest BCUT2D eigenvalue weighted by Crippen LogP contribution is -2.42. The molecule has 0 amide bonds. The van der Waals surface area contributed by atoms with E-state index in [4.69, 9.17) is 0 Å². The maximum atomic E-state index is 12.9. The van der Waals surface area contributed by atoms with Crippen LogP contribution in [0.25, 0.3) is 28.1 Å². The number of hydrogen-bond acceptors (Lipinski definition) is 5. The van der Waals surface area contributed by atoms with E-state index in [9.17, 15) is 19.7 Å². The van der Waals surface area contributed by atoms with Crippen LogP contribution in [0.1, 0.15) is 20.8 Å². The molecule has 0 bridgehead atoms. The van der Waals surface area contributed by atoms with Gasteiger partial charge in [-0.25, -0.2) is 9.48 Å². The lowest BCUT2D eigenvalue weighted by molar-refractivity contribution is -0.386. The number of fused-ring (bicyclic) bond motifs is 1. The molecule has 0 fully saturated rings. The number of rotatable bonds is 6. The van der Waals surface area contributed by atoms with E-state index in [1.807, 2.05) is 44.2 Å². The van der Waals surface area contributed by atoms with Gasteiger partial charge in [0.15, 0.2) is 0 Å². The summed E-state index contributed by atoms with van der Waals surface area (Å²) < 4.78 is 3.75. The van der Waals surface area contributed by atoms with Crippen LogP contribution in [-0.2, 0) is 13.1 Å². The molecule has 5 rings (SSSR count). The molecule has 2 aromatic heterocycles. The van der Waals surface area contributed by atoms with Crippen LogP contribution in [0.3, 0.4) is 0 Å². The topological polar surface area (TPSA) is 105 Å². The first-order chi connectivity index (χ1) is 16.3. The molecule has 9 nitrogen and oxygen atoms in total. The highest BCUT2D eigenvalue weighted by molar-refractivity contribution is 5.80. The van der Waals surface area contributed by atoms with Gasteiger partial charge in [-0.05, 0) is 42.2 Å². The van der Waals surface area contributed by atoms with Crippen molar-refractivity contribution in [3.05, 3.63) is 97.9 Å². The molecule has 3 aromatic rings. The summed E-state index contributed by atoms with van der Waals surface area (Å²) in [5.74, 6) is 0.0445. The largest absolute Gasteiger partial charge is 0.358 e. The number of hydrogen-bond donors (Lipinski definition) is 0. The van der Waals surface area contributed by atoms with Gasteiger partial charge < -0.3 is 0 Å². The Hall–Kier alpha value is -4.27. The van der Waals surface area contributed by atoms with E-state index in [0.29, 0.717) is 5.56 Å². The highest BCUT2D eigenvalue weighted by Gasteiger charge is 2.29. The van der Waals surface area contributed by atoms with Crippen molar-refractivity contribution in [1.29, 1.82) is 0 Å². The fourth-order valence-corrected chi connectivity index (χ4v) is 3.80. The standard InChI is InChI=1S/C19H21N5O4.C6H4/c1-4-21-18(25)17(24(27)28)16(22(19(21)26)11-13(2)3)14-10-20-23(12-14)15-8-6-5-7-9-15;1-2-5-4-6(5)3-1/h5-10,12-13H,4,11H2,1-3H3;1-4H. The second-order valence-corrected chi connectivity index (χ2v) is 8.38. The van der Waals surface area contributed by atoms with Crippen molar-refractivity contribution in [2.24, 2.45) is 5.92 Å². The predicted molar refractivity (Wildman–Crippen MR) is 130 cm³/mol. The van der Waals surface area contributed by atoms with E-state index in [0.717, 1.165) is 10.3 Å². The van der Waals surface area contributed by atoms with E-state index in [-0.39, 0.29) is 24.7 Å². The van der Waals surface area contributed by atoms with E-state index in [1.165, 1.54) is 21.9 Å². The summed E-state index contributed by atoms with van der Waals surface area (Å²) in [6.07, 6.45) is 3.02. The van der Waals surface area contributed by atoms with Gasteiger partial charge in [0.2, 0.25) is 0 Å². The molecule has 1 aromatic carbocycles. The smallest absolute Gasteiger partial charge is 0.287 e. The Morgan fingerprint density at radius 3 is 2.15 bits per heavy atom. The van der Waals surface area contributed by atoms with E-state index < -0.39 is 21.9 Å². The Morgan fingerprint density at radius 2 is 1.65 bits per heavy atom. The molecule has 0 spiro atoms. The zero-order chi connectivity index (χ0) is 24.4. The third-order valence-corrected chi connectivity index (χ3v) is 5.44. The normalized spacial score (nSPS) is 11.2. The van der Waals surface area contributed by atoms with Crippen LogP contribution in [0, 0.1) is 16.0 Å². The number of para-hydroxylation sites is 1. The van der Waals surface area contributed by atoms with Crippen LogP contribution in [-0.4, -0.2) is 23.8 Å². The summed E-state index contributed by atoms with van der Waals surface area (Å²) in [6, 6.07) is 17.7. The first kappa shape index (κ1) is 22.9. The van der Waals surface area contributed by atoms with Crippen molar-refractivity contribution in [2.75, 3.05) is 0 Å². The van der Waals surface area contributed by atoms with Crippen molar-refractivity contribution < 1.29 is 4.92 Å². The Morgan fingerprint density at radius 1 is 0.971 bits per heavy atom. The summed E-state index contributed by atoms with van der Waals surface area (Å²) in [7, 11) is 0. The Kier molecular flexibility index (Phi) is 6.27. The molecule has 9 heteroatoms. The molecule has 2 aliphatic carbocycles. The fraction of sp³-hybridized carbons (Fsp3) is 0.240. The molecular formula is C25H25N5O4. The lowest BCUT2D eigenvalue weighted by atomic mass is 10.1. The molecule has 0 unspecified atom stereocenters. The molecule has 0 N–H and O–H groups in total. The molecule has 0 saturated carbocycles. The van der Waals surface area contributed by atoms with E-state index in [2.05, 4.69) is 29.4 Å². The van der Waals surface area contributed by atoms with Crippen LogP contribution in [0.4, 0.5) is 5.69 Å². The highest BCUT2D eigenvalue weighted by atomic mass is 16.6. The summed E-state index contributed by atoms with van der Waals surface area (Å²) in [4.78, 5) is 36.6. The number of nitrogens with zero attached hydrogens (tertiary/aromatic N) is 5. The molecule has 2 aliphatic rings. The zero-order valence-corrected chi connectivity index (χ0v) is 19.2. The van der Waals surface area contributed by atoms with Crippen LogP contribution >= 0.6 is 0 Å². The first-order valence-electron chi connectivity index (χ1n) is 11.0. The first-order valence-corrected chi connectivity index (χ1v) is 11.0. The van der Waals surface area contributed by atoms with Crippen LogP contribution < -0.4 is 11.2 Å². The van der Waals surface area contributed by atoms with Gasteiger partial charge in [0.25, 0.3) is 0 Å². The molecular weight excluding hydrogens is 434 g/mol. The van der Waals surface area contributed by atoms with Crippen molar-refractivity contribution >= 4 is 5.69 Å². The van der Waals surface area contributed by atoms with Gasteiger partial charge in [0.1, 0.15) is 5.69 Å². The molecule has 2 heterocycles. The summed E-state index contributed by atoms with van der Waals surface area (Å²) in [5.41, 5.74) is 1.86. The Labute approximate surface area is 195 Å². The Bertz CT molecular complexity index is 1450. The minimum atomic E-state index is -0.903. The molecule has 0 radical (unpaired) electrons. The number of nitro groups is 1. The SMILES string of the molecule is CCn1c(=O)c([N+](=O)[O-])c(-c2cnn(-c3ccccc3)c2)n(CC(C)C)c1=O.c1cc2cc-2c1. The average Bonchev–Trinajstić information content (AvgIpc) is 3.19. The summed E-state index contributed by atoms with van der Waals surface area (Å²) >= 11 is 0. The third-order valence-electron chi connectivity index (χ3n) is 5.44. The van der Waals surface area contributed by atoms with Crippen molar-refractivity contribution in [1.82, 2.24) is 18.9 Å². The second kappa shape index (κ2) is 9.30. The highest BCUT2D eigenvalue weighted by Crippen LogP contribution is 2.32. The minimum Gasteiger partial charge on any atom is -0.287 e. The molecule has 0 saturated heterocycles. The van der Waals surface area contributed by atoms with Gasteiger partial charge in [0, 0.05) is 24.8 Å². The zero-order valence-electron chi connectivity index (χ0n) is 19.2. The van der Waals surface area contributed by atoms with Gasteiger partial charge in [-0.2, -0.15) is 5.10 Å². The Balaban J connectivity index is 0.000000388. The van der Waals surface area contributed by atoms with Crippen LogP contribution in [0.15, 0.2) is 76.6 Å². The third kappa shape index (κ3) is 4.45. The van der Waals surface area contributed by atoms with Crippen molar-refractivity contribution in [3.8, 4) is 28.1 Å². The van der Waals surface area contributed by atoms with Crippen molar-refractivity contribution in [3.63, 3.8) is 0 Å². The maximum absolute atomic E-state index is 12.9. The molecule has 0 aliphatic heterocycles. The van der Waals surface area contributed by atoms with Gasteiger partial charge in [-0.15, -0.1) is 0 Å². The van der Waals surface area contributed by atoms with Gasteiger partial charge in [-0.3, -0.25) is 24.0 Å². The molecule has 34 heavy (non-hydrogen) atoms. The van der Waals surface area contributed by atoms with Gasteiger partial charge in [0.05, 0.1) is 16.8 Å². The van der Waals surface area contributed by atoms with Gasteiger partial charge in [-0.1, -0.05) is 50.2 Å². The quantitative estimate of drug-likeness (QED) is 0.281. The molecule has 0 atom stereocenters. The fourth-order valence-electron chi connectivity index (χ4n) is 3.80. The maximum Gasteiger partial charge on any atom is 0.358 e. The van der Waals surface area contributed by atoms with E-state index >= 15 is 0 Å². The second-order valence-electron chi connectivity index (χ2n) is 8.38. The van der Waals surface area contributed by atoms with E-state index in [1.54, 1.807) is 17.8 Å². The molecule has 174 valence electrons. The number of benzene rings is 2. The summed E-state index contributed by atoms with van der Waals surface area (Å²) in [5, 5.41) is 16.0. The van der Waals surface area contributed by atoms with Crippen LogP contribution in [0.2, 0.25) is 0 Å². The lowest BCUT2D eigenvalue weighted by Gasteiger charge is -2.16. The summed E-state index contributed by atoms with van der Waals surface area (Å²) in [6.45, 7) is 5.71. The van der Waals surface area contributed by atoms with Gasteiger partial charge >= 0.3 is 16.9 Å². The monoisotopic (exact) mass is 459 g/mol. The number of aromatic nitrogens is 4. The minimum absolute atomic E-state index is 0.0134. The van der Waals surface area contributed by atoms with Crippen LogP contribution in [0.5, 0.6) is 0 Å².